The molecule has 2 rings (SSSR count). The number of rotatable bonds is 6. The molecule has 0 radical (unpaired) electrons. The molecule has 104 valence electrons. The number of aromatic nitrogens is 3. The number of ether oxygens (including phenoxy) is 1. The van der Waals surface area contributed by atoms with Gasteiger partial charge in [0.25, 0.3) is 0 Å². The summed E-state index contributed by atoms with van der Waals surface area (Å²) in [7, 11) is 1.31. The van der Waals surface area contributed by atoms with Crippen LogP contribution < -0.4 is 0 Å². The van der Waals surface area contributed by atoms with Crippen molar-refractivity contribution in [2.75, 3.05) is 7.11 Å². The Kier molecular flexibility index (Phi) is 3.98. The minimum Gasteiger partial charge on any atom is -0.465 e. The maximum absolute atomic E-state index is 11.3. The van der Waals surface area contributed by atoms with E-state index < -0.39 is 5.97 Å². The predicted molar refractivity (Wildman–Crippen MR) is 76.8 cm³/mol. The van der Waals surface area contributed by atoms with Gasteiger partial charge in [0.05, 0.1) is 24.9 Å². The Hall–Kier alpha value is -2.43. The second kappa shape index (κ2) is 5.69. The lowest BCUT2D eigenvalue weighted by Crippen LogP contribution is -2.04. The van der Waals surface area contributed by atoms with Crippen LogP contribution >= 0.6 is 0 Å². The van der Waals surface area contributed by atoms with Crippen molar-refractivity contribution in [3.8, 4) is 0 Å². The number of carbonyl (C=O) groups is 1. The van der Waals surface area contributed by atoms with E-state index in [-0.39, 0.29) is 5.57 Å². The van der Waals surface area contributed by atoms with Crippen LogP contribution in [-0.4, -0.2) is 28.1 Å². The van der Waals surface area contributed by atoms with Crippen molar-refractivity contribution in [2.24, 2.45) is 0 Å². The standard InChI is InChI=1S/C15H17N3O2/c1-10(12(3)15(19)20-4)5-6-11(2)14-9-16-18(17-14)13-7-8-13/h5-6,9,13H,1-3,7-8H2,4H3/b6-5-. The molecule has 0 aromatic carbocycles. The van der Waals surface area contributed by atoms with E-state index in [0.29, 0.717) is 22.9 Å². The number of allylic oxidation sites excluding steroid dienone is 3. The second-order valence-corrected chi connectivity index (χ2v) is 4.64. The molecule has 1 fully saturated rings. The highest BCUT2D eigenvalue weighted by Gasteiger charge is 2.25. The number of esters is 1. The molecule has 1 aliphatic rings. The van der Waals surface area contributed by atoms with Crippen LogP contribution in [-0.2, 0) is 9.53 Å². The third-order valence-corrected chi connectivity index (χ3v) is 3.02. The molecule has 1 aromatic heterocycles. The topological polar surface area (TPSA) is 57.0 Å². The Balaban J connectivity index is 1.99. The van der Waals surface area contributed by atoms with Crippen molar-refractivity contribution in [1.82, 2.24) is 15.0 Å². The Bertz CT molecular complexity index is 606. The van der Waals surface area contributed by atoms with Crippen LogP contribution in [0.25, 0.3) is 5.57 Å². The van der Waals surface area contributed by atoms with E-state index in [1.54, 1.807) is 23.1 Å². The molecule has 1 aliphatic carbocycles. The van der Waals surface area contributed by atoms with Crippen LogP contribution in [0.4, 0.5) is 0 Å². The molecule has 0 N–H and O–H groups in total. The zero-order valence-corrected chi connectivity index (χ0v) is 11.5. The molecule has 5 heteroatoms. The summed E-state index contributed by atoms with van der Waals surface area (Å²) in [6.07, 6.45) is 7.34. The van der Waals surface area contributed by atoms with Gasteiger partial charge in [-0.15, -0.1) is 0 Å². The van der Waals surface area contributed by atoms with Gasteiger partial charge in [0.1, 0.15) is 5.69 Å². The van der Waals surface area contributed by atoms with Crippen molar-refractivity contribution in [3.63, 3.8) is 0 Å². The zero-order chi connectivity index (χ0) is 14.7. The Labute approximate surface area is 117 Å². The maximum atomic E-state index is 11.3. The minimum atomic E-state index is -0.495. The summed E-state index contributed by atoms with van der Waals surface area (Å²) >= 11 is 0. The smallest absolute Gasteiger partial charge is 0.337 e. The SMILES string of the molecule is C=C(/C=C\C(=C)c1cnn(C2CC2)n1)C(=C)C(=O)OC. The molecule has 1 saturated carbocycles. The van der Waals surface area contributed by atoms with E-state index in [9.17, 15) is 4.79 Å². The van der Waals surface area contributed by atoms with Gasteiger partial charge in [-0.2, -0.15) is 15.0 Å². The first-order valence-electron chi connectivity index (χ1n) is 6.28. The lowest BCUT2D eigenvalue weighted by molar-refractivity contribution is -0.135. The molecule has 0 amide bonds. The Morgan fingerprint density at radius 1 is 1.40 bits per heavy atom. The molecule has 20 heavy (non-hydrogen) atoms. The monoisotopic (exact) mass is 271 g/mol. The molecule has 0 unspecified atom stereocenters. The number of methoxy groups -OCH3 is 1. The van der Waals surface area contributed by atoms with Gasteiger partial charge in [0, 0.05) is 0 Å². The van der Waals surface area contributed by atoms with E-state index in [4.69, 9.17) is 0 Å². The first-order chi connectivity index (χ1) is 9.52. The normalized spacial score (nSPS) is 14.2. The van der Waals surface area contributed by atoms with Crippen molar-refractivity contribution < 1.29 is 9.53 Å². The average molecular weight is 271 g/mol. The minimum absolute atomic E-state index is 0.221. The highest BCUT2D eigenvalue weighted by molar-refractivity contribution is 5.93. The molecule has 0 spiro atoms. The van der Waals surface area contributed by atoms with Gasteiger partial charge in [0.15, 0.2) is 0 Å². The summed E-state index contributed by atoms with van der Waals surface area (Å²) in [5.74, 6) is -0.495. The molecule has 0 atom stereocenters. The lowest BCUT2D eigenvalue weighted by atomic mass is 10.1. The van der Waals surface area contributed by atoms with Gasteiger partial charge < -0.3 is 4.74 Å². The van der Waals surface area contributed by atoms with Crippen molar-refractivity contribution >= 4 is 11.5 Å². The largest absolute Gasteiger partial charge is 0.465 e. The quantitative estimate of drug-likeness (QED) is 0.453. The van der Waals surface area contributed by atoms with E-state index in [2.05, 4.69) is 34.7 Å². The molecule has 1 aromatic rings. The van der Waals surface area contributed by atoms with Crippen LogP contribution in [0, 0.1) is 0 Å². The fourth-order valence-electron chi connectivity index (χ4n) is 1.55. The van der Waals surface area contributed by atoms with Crippen LogP contribution in [0.3, 0.4) is 0 Å². The molecule has 5 nitrogen and oxygen atoms in total. The van der Waals surface area contributed by atoms with E-state index in [0.717, 1.165) is 12.8 Å². The number of hydrogen-bond donors (Lipinski definition) is 0. The lowest BCUT2D eigenvalue weighted by Gasteiger charge is -2.02. The van der Waals surface area contributed by atoms with Gasteiger partial charge >= 0.3 is 5.97 Å². The fourth-order valence-corrected chi connectivity index (χ4v) is 1.55. The zero-order valence-electron chi connectivity index (χ0n) is 11.5. The van der Waals surface area contributed by atoms with Crippen LogP contribution in [0.5, 0.6) is 0 Å². The third kappa shape index (κ3) is 3.12. The summed E-state index contributed by atoms with van der Waals surface area (Å²) in [5, 5.41) is 8.56. The molecule has 1 heterocycles. The summed E-state index contributed by atoms with van der Waals surface area (Å²) in [4.78, 5) is 13.0. The van der Waals surface area contributed by atoms with Gasteiger partial charge in [0.2, 0.25) is 0 Å². The van der Waals surface area contributed by atoms with Gasteiger partial charge in [-0.25, -0.2) is 4.79 Å². The first-order valence-corrected chi connectivity index (χ1v) is 6.28. The summed E-state index contributed by atoms with van der Waals surface area (Å²) in [6.45, 7) is 11.3. The third-order valence-electron chi connectivity index (χ3n) is 3.02. The van der Waals surface area contributed by atoms with Crippen molar-refractivity contribution in [2.45, 2.75) is 18.9 Å². The van der Waals surface area contributed by atoms with Gasteiger partial charge in [-0.3, -0.25) is 0 Å². The maximum Gasteiger partial charge on any atom is 0.337 e. The van der Waals surface area contributed by atoms with E-state index >= 15 is 0 Å². The number of hydrogen-bond acceptors (Lipinski definition) is 4. The second-order valence-electron chi connectivity index (χ2n) is 4.64. The molecular formula is C15H17N3O2. The molecule has 0 saturated heterocycles. The highest BCUT2D eigenvalue weighted by atomic mass is 16.5. The van der Waals surface area contributed by atoms with Crippen molar-refractivity contribution in [3.05, 3.63) is 54.9 Å². The summed E-state index contributed by atoms with van der Waals surface area (Å²) < 4.78 is 4.58. The van der Waals surface area contributed by atoms with E-state index in [1.807, 2.05) is 0 Å². The molecular weight excluding hydrogens is 254 g/mol. The molecule has 0 bridgehead atoms. The average Bonchev–Trinajstić information content (AvgIpc) is 3.20. The van der Waals surface area contributed by atoms with Crippen molar-refractivity contribution in [1.29, 1.82) is 0 Å². The fraction of sp³-hybridized carbons (Fsp3) is 0.267. The Morgan fingerprint density at radius 3 is 2.70 bits per heavy atom. The van der Waals surface area contributed by atoms with Crippen LogP contribution in [0.2, 0.25) is 0 Å². The van der Waals surface area contributed by atoms with Gasteiger partial charge in [-0.1, -0.05) is 31.9 Å². The first kappa shape index (κ1) is 14.0. The highest BCUT2D eigenvalue weighted by Crippen LogP contribution is 2.33. The predicted octanol–water partition coefficient (Wildman–Crippen LogP) is 2.47. The Morgan fingerprint density at radius 2 is 2.10 bits per heavy atom. The van der Waals surface area contributed by atoms with Crippen LogP contribution in [0.1, 0.15) is 24.6 Å². The molecule has 0 aliphatic heterocycles. The van der Waals surface area contributed by atoms with Gasteiger partial charge in [-0.05, 0) is 24.0 Å². The summed E-state index contributed by atoms with van der Waals surface area (Å²) in [6, 6.07) is 0.439. The van der Waals surface area contributed by atoms with Crippen LogP contribution in [0.15, 0.2) is 49.2 Å². The number of nitrogens with zero attached hydrogens (tertiary/aromatic N) is 3. The summed E-state index contributed by atoms with van der Waals surface area (Å²) in [5.41, 5.74) is 2.12. The van der Waals surface area contributed by atoms with E-state index in [1.165, 1.54) is 7.11 Å². The number of carbonyl (C=O) groups excluding carboxylic acids is 1.